The van der Waals surface area contributed by atoms with Crippen molar-refractivity contribution in [3.63, 3.8) is 0 Å². The zero-order valence-corrected chi connectivity index (χ0v) is 24.7. The van der Waals surface area contributed by atoms with Gasteiger partial charge in [-0.3, -0.25) is 0 Å². The minimum absolute atomic E-state index is 0.677. The molecule has 0 amide bonds. The van der Waals surface area contributed by atoms with E-state index in [1.165, 1.54) is 103 Å². The highest BCUT2D eigenvalue weighted by molar-refractivity contribution is 6.60. The van der Waals surface area contributed by atoms with E-state index >= 15 is 0 Å². The van der Waals surface area contributed by atoms with Crippen LogP contribution in [0.25, 0.3) is 0 Å². The first-order chi connectivity index (χ1) is 16.0. The molecule has 1 unspecified atom stereocenters. The first kappa shape index (κ1) is 33.1. The summed E-state index contributed by atoms with van der Waals surface area (Å²) >= 11 is 0. The van der Waals surface area contributed by atoms with Gasteiger partial charge in [0, 0.05) is 25.9 Å². The molecule has 0 aromatic rings. The second-order valence-electron chi connectivity index (χ2n) is 10.2. The predicted octanol–water partition coefficient (Wildman–Crippen LogP) is 9.92. The van der Waals surface area contributed by atoms with Crippen molar-refractivity contribution in [1.82, 2.24) is 0 Å². The molecule has 0 saturated carbocycles. The van der Waals surface area contributed by atoms with E-state index in [1.807, 2.05) is 20.8 Å². The molecule has 0 aromatic carbocycles. The van der Waals surface area contributed by atoms with Crippen LogP contribution in [-0.4, -0.2) is 28.6 Å². The summed E-state index contributed by atoms with van der Waals surface area (Å²) in [7, 11) is -2.48. The maximum Gasteiger partial charge on any atom is 0.500 e. The standard InChI is InChI=1S/C29H61O3Si/c1-7-11-12-13-14-15-16-17-18-19-20-21-22-24-29(27-28(5)6)25-23-26-33(30-8-2,31-9-3)32-10-4/h29H,7-27H2,1-6H3. The SMILES string of the molecule is CCCCCCCCCCCCCCCC(CCC[Si](OCC)(OCC)OCC)C[C](C)C. The predicted molar refractivity (Wildman–Crippen MR) is 148 cm³/mol. The third-order valence-corrected chi connectivity index (χ3v) is 9.75. The summed E-state index contributed by atoms with van der Waals surface area (Å²) in [5.41, 5.74) is 0. The normalized spacial score (nSPS) is 13.2. The Hall–Kier alpha value is 0.0969. The van der Waals surface area contributed by atoms with Crippen molar-refractivity contribution in [2.45, 2.75) is 157 Å². The summed E-state index contributed by atoms with van der Waals surface area (Å²) in [6, 6.07) is 0.959. The van der Waals surface area contributed by atoms with Gasteiger partial charge in [0.05, 0.1) is 0 Å². The fourth-order valence-corrected chi connectivity index (χ4v) is 7.62. The van der Waals surface area contributed by atoms with Crippen LogP contribution in [0, 0.1) is 11.8 Å². The summed E-state index contributed by atoms with van der Waals surface area (Å²) in [5.74, 6) is 2.37. The molecule has 33 heavy (non-hydrogen) atoms. The van der Waals surface area contributed by atoms with Gasteiger partial charge in [0.25, 0.3) is 0 Å². The van der Waals surface area contributed by atoms with Crippen molar-refractivity contribution in [1.29, 1.82) is 0 Å². The molecule has 0 fully saturated rings. The Morgan fingerprint density at radius 1 is 0.545 bits per heavy atom. The third kappa shape index (κ3) is 20.0. The molecule has 0 heterocycles. The quantitative estimate of drug-likeness (QED) is 0.0900. The van der Waals surface area contributed by atoms with Gasteiger partial charge in [-0.1, -0.05) is 117 Å². The fourth-order valence-electron chi connectivity index (χ4n) is 4.99. The lowest BCUT2D eigenvalue weighted by atomic mass is 9.88. The first-order valence-electron chi connectivity index (χ1n) is 14.7. The van der Waals surface area contributed by atoms with Crippen molar-refractivity contribution in [2.75, 3.05) is 19.8 Å². The summed E-state index contributed by atoms with van der Waals surface area (Å²) in [4.78, 5) is 0. The van der Waals surface area contributed by atoms with E-state index in [0.717, 1.165) is 18.4 Å². The highest BCUT2D eigenvalue weighted by atomic mass is 28.4. The lowest BCUT2D eigenvalue weighted by molar-refractivity contribution is 0.0703. The Labute approximate surface area is 210 Å². The molecule has 0 bridgehead atoms. The number of hydrogen-bond acceptors (Lipinski definition) is 3. The molecule has 0 spiro atoms. The van der Waals surface area contributed by atoms with E-state index in [0.29, 0.717) is 19.8 Å². The molecule has 0 aliphatic heterocycles. The van der Waals surface area contributed by atoms with Crippen molar-refractivity contribution in [3.05, 3.63) is 5.92 Å². The van der Waals surface area contributed by atoms with Crippen LogP contribution in [-0.2, 0) is 13.3 Å². The summed E-state index contributed by atoms with van der Waals surface area (Å²) < 4.78 is 18.1. The van der Waals surface area contributed by atoms with Crippen molar-refractivity contribution in [2.24, 2.45) is 5.92 Å². The van der Waals surface area contributed by atoms with E-state index in [-0.39, 0.29) is 0 Å². The summed E-state index contributed by atoms with van der Waals surface area (Å²) in [6.45, 7) is 15.0. The molecule has 0 aromatic heterocycles. The molecule has 0 aliphatic rings. The lowest BCUT2D eigenvalue weighted by Crippen LogP contribution is -2.46. The van der Waals surface area contributed by atoms with Gasteiger partial charge in [0.15, 0.2) is 0 Å². The van der Waals surface area contributed by atoms with E-state index < -0.39 is 8.80 Å². The Balaban J connectivity index is 4.02. The molecule has 0 rings (SSSR count). The van der Waals surface area contributed by atoms with Crippen molar-refractivity contribution in [3.8, 4) is 0 Å². The highest BCUT2D eigenvalue weighted by Gasteiger charge is 2.39. The topological polar surface area (TPSA) is 27.7 Å². The molecular formula is C29H61O3Si. The Morgan fingerprint density at radius 2 is 0.939 bits per heavy atom. The van der Waals surface area contributed by atoms with E-state index in [1.54, 1.807) is 5.92 Å². The average Bonchev–Trinajstić information content (AvgIpc) is 2.77. The highest BCUT2D eigenvalue weighted by Crippen LogP contribution is 2.28. The summed E-state index contributed by atoms with van der Waals surface area (Å²) in [6.07, 6.45) is 23.7. The number of hydrogen-bond donors (Lipinski definition) is 0. The van der Waals surface area contributed by atoms with Gasteiger partial charge in [-0.25, -0.2) is 0 Å². The zero-order valence-electron chi connectivity index (χ0n) is 23.7. The summed E-state index contributed by atoms with van der Waals surface area (Å²) in [5, 5.41) is 0. The van der Waals surface area contributed by atoms with Crippen LogP contribution in [0.1, 0.15) is 151 Å². The minimum atomic E-state index is -2.48. The number of unbranched alkanes of at least 4 members (excludes halogenated alkanes) is 12. The van der Waals surface area contributed by atoms with Crippen LogP contribution < -0.4 is 0 Å². The number of rotatable bonds is 26. The van der Waals surface area contributed by atoms with Crippen LogP contribution >= 0.6 is 0 Å². The molecule has 4 heteroatoms. The molecule has 0 saturated heterocycles. The molecule has 0 N–H and O–H groups in total. The Bertz CT molecular complexity index is 372. The smallest absolute Gasteiger partial charge is 0.374 e. The van der Waals surface area contributed by atoms with Gasteiger partial charge in [-0.2, -0.15) is 0 Å². The molecule has 3 nitrogen and oxygen atoms in total. The van der Waals surface area contributed by atoms with E-state index in [2.05, 4.69) is 20.8 Å². The zero-order chi connectivity index (χ0) is 24.6. The third-order valence-electron chi connectivity index (χ3n) is 6.60. The largest absolute Gasteiger partial charge is 0.500 e. The van der Waals surface area contributed by atoms with Crippen LogP contribution in [0.15, 0.2) is 0 Å². The van der Waals surface area contributed by atoms with Crippen LogP contribution in [0.2, 0.25) is 6.04 Å². The van der Waals surface area contributed by atoms with Crippen molar-refractivity contribution >= 4 is 8.80 Å². The van der Waals surface area contributed by atoms with E-state index in [4.69, 9.17) is 13.3 Å². The molecule has 199 valence electrons. The van der Waals surface area contributed by atoms with Gasteiger partial charge in [0.2, 0.25) is 0 Å². The van der Waals surface area contributed by atoms with Gasteiger partial charge in [0.1, 0.15) is 0 Å². The van der Waals surface area contributed by atoms with Gasteiger partial charge < -0.3 is 13.3 Å². The average molecular weight is 486 g/mol. The van der Waals surface area contributed by atoms with Crippen LogP contribution in [0.4, 0.5) is 0 Å². The molecule has 1 atom stereocenters. The van der Waals surface area contributed by atoms with Gasteiger partial charge in [-0.05, 0) is 45.4 Å². The first-order valence-corrected chi connectivity index (χ1v) is 16.7. The van der Waals surface area contributed by atoms with Crippen LogP contribution in [0.5, 0.6) is 0 Å². The molecule has 1 radical (unpaired) electrons. The second kappa shape index (κ2) is 23.8. The monoisotopic (exact) mass is 485 g/mol. The Morgan fingerprint density at radius 3 is 1.33 bits per heavy atom. The van der Waals surface area contributed by atoms with Crippen LogP contribution in [0.3, 0.4) is 0 Å². The Kier molecular flexibility index (Phi) is 23.9. The fraction of sp³-hybridized carbons (Fsp3) is 0.966. The maximum atomic E-state index is 6.04. The molecular weight excluding hydrogens is 424 g/mol. The van der Waals surface area contributed by atoms with Gasteiger partial charge >= 0.3 is 8.80 Å². The molecule has 0 aliphatic carbocycles. The van der Waals surface area contributed by atoms with Crippen molar-refractivity contribution < 1.29 is 13.3 Å². The maximum absolute atomic E-state index is 6.04. The minimum Gasteiger partial charge on any atom is -0.374 e. The second-order valence-corrected chi connectivity index (χ2v) is 12.9. The lowest BCUT2D eigenvalue weighted by Gasteiger charge is -2.29. The van der Waals surface area contributed by atoms with E-state index in [9.17, 15) is 0 Å². The van der Waals surface area contributed by atoms with Gasteiger partial charge in [-0.15, -0.1) is 0 Å².